The summed E-state index contributed by atoms with van der Waals surface area (Å²) in [4.78, 5) is 14.6. The third-order valence-corrected chi connectivity index (χ3v) is 4.72. The molecule has 1 N–H and O–H groups in total. The first-order valence-corrected chi connectivity index (χ1v) is 8.22. The number of carbonyl (C=O) groups excluding carboxylic acids is 1. The van der Waals surface area contributed by atoms with Crippen molar-refractivity contribution in [3.8, 4) is 0 Å². The van der Waals surface area contributed by atoms with Gasteiger partial charge in [-0.3, -0.25) is 9.69 Å². The molecule has 1 heterocycles. The van der Waals surface area contributed by atoms with Crippen LogP contribution in [0, 0.1) is 6.92 Å². The van der Waals surface area contributed by atoms with Crippen LogP contribution in [0.3, 0.4) is 0 Å². The van der Waals surface area contributed by atoms with Crippen LogP contribution < -0.4 is 4.90 Å². The van der Waals surface area contributed by atoms with E-state index < -0.39 is 5.72 Å². The van der Waals surface area contributed by atoms with E-state index in [-0.39, 0.29) is 5.91 Å². The molecule has 1 amide bonds. The van der Waals surface area contributed by atoms with Gasteiger partial charge in [0.2, 0.25) is 0 Å². The molecule has 4 rings (SSSR count). The zero-order valence-corrected chi connectivity index (χ0v) is 13.6. The molecule has 3 heteroatoms. The maximum atomic E-state index is 13.1. The summed E-state index contributed by atoms with van der Waals surface area (Å²) < 4.78 is 0. The molecule has 2 aromatic rings. The second kappa shape index (κ2) is 5.46. The zero-order chi connectivity index (χ0) is 16.7. The molecule has 2 aromatic carbocycles. The van der Waals surface area contributed by atoms with E-state index in [1.54, 1.807) is 6.07 Å². The lowest BCUT2D eigenvalue weighted by Crippen LogP contribution is -2.45. The number of hydrogen-bond donors (Lipinski definition) is 1. The number of carbonyl (C=O) groups is 1. The van der Waals surface area contributed by atoms with E-state index in [2.05, 4.69) is 0 Å². The van der Waals surface area contributed by atoms with Gasteiger partial charge in [-0.05, 0) is 43.5 Å². The Morgan fingerprint density at radius 3 is 2.67 bits per heavy atom. The quantitative estimate of drug-likeness (QED) is 0.907. The van der Waals surface area contributed by atoms with Crippen molar-refractivity contribution in [2.45, 2.75) is 25.5 Å². The monoisotopic (exact) mass is 317 g/mol. The Hall–Kier alpha value is -2.65. The molecule has 0 radical (unpaired) electrons. The van der Waals surface area contributed by atoms with Gasteiger partial charge >= 0.3 is 0 Å². The topological polar surface area (TPSA) is 40.5 Å². The minimum atomic E-state index is -1.46. The summed E-state index contributed by atoms with van der Waals surface area (Å²) >= 11 is 0. The van der Waals surface area contributed by atoms with E-state index in [1.165, 1.54) is 4.90 Å². The highest BCUT2D eigenvalue weighted by atomic mass is 16.3. The molecule has 0 aromatic heterocycles. The Bertz CT molecular complexity index is 881. The highest BCUT2D eigenvalue weighted by molar-refractivity contribution is 6.12. The van der Waals surface area contributed by atoms with Gasteiger partial charge in [0.15, 0.2) is 5.72 Å². The third-order valence-electron chi connectivity index (χ3n) is 4.72. The summed E-state index contributed by atoms with van der Waals surface area (Å²) in [6, 6.07) is 15.0. The normalized spacial score (nSPS) is 22.5. The molecule has 120 valence electrons. The molecule has 0 spiro atoms. The number of amides is 1. The van der Waals surface area contributed by atoms with Gasteiger partial charge in [0.1, 0.15) is 0 Å². The number of fused-ring (bicyclic) bond motifs is 1. The fourth-order valence-electron chi connectivity index (χ4n) is 3.59. The van der Waals surface area contributed by atoms with Crippen molar-refractivity contribution in [1.29, 1.82) is 0 Å². The highest BCUT2D eigenvalue weighted by Gasteiger charge is 2.51. The van der Waals surface area contributed by atoms with E-state index >= 15 is 0 Å². The lowest BCUT2D eigenvalue weighted by atomic mass is 9.90. The zero-order valence-electron chi connectivity index (χ0n) is 13.6. The molecule has 0 bridgehead atoms. The van der Waals surface area contributed by atoms with E-state index in [9.17, 15) is 9.90 Å². The number of anilines is 1. The molecular weight excluding hydrogens is 298 g/mol. The van der Waals surface area contributed by atoms with Crippen LogP contribution in [-0.2, 0) is 5.72 Å². The maximum absolute atomic E-state index is 13.1. The summed E-state index contributed by atoms with van der Waals surface area (Å²) in [6.45, 7) is 1.98. The van der Waals surface area contributed by atoms with Gasteiger partial charge in [0.25, 0.3) is 5.91 Å². The maximum Gasteiger partial charge on any atom is 0.261 e. The summed E-state index contributed by atoms with van der Waals surface area (Å²) in [5.41, 5.74) is 2.26. The minimum absolute atomic E-state index is 0.168. The van der Waals surface area contributed by atoms with Crippen molar-refractivity contribution < 1.29 is 9.90 Å². The van der Waals surface area contributed by atoms with E-state index in [1.807, 2.05) is 67.6 Å². The number of aryl methyl sites for hydroxylation is 1. The number of aliphatic hydroxyl groups is 1. The Labute approximate surface area is 141 Å². The van der Waals surface area contributed by atoms with Crippen molar-refractivity contribution >= 4 is 11.6 Å². The predicted octanol–water partition coefficient (Wildman–Crippen LogP) is 4.08. The lowest BCUT2D eigenvalue weighted by Gasteiger charge is -2.36. The SMILES string of the molecule is Cc1cccc(N2C(=O)c3ccccc3C2(O)C2=CCCC=C2)c1. The van der Waals surface area contributed by atoms with Crippen molar-refractivity contribution in [1.82, 2.24) is 0 Å². The predicted molar refractivity (Wildman–Crippen MR) is 94.8 cm³/mol. The van der Waals surface area contributed by atoms with Gasteiger partial charge in [0.05, 0.1) is 0 Å². The number of hydrogen-bond acceptors (Lipinski definition) is 2. The molecule has 1 aliphatic heterocycles. The number of benzene rings is 2. The van der Waals surface area contributed by atoms with E-state index in [0.29, 0.717) is 16.8 Å². The van der Waals surface area contributed by atoms with Gasteiger partial charge in [0, 0.05) is 22.4 Å². The summed E-state index contributed by atoms with van der Waals surface area (Å²) in [5.74, 6) is -0.168. The molecule has 2 aliphatic rings. The van der Waals surface area contributed by atoms with Gasteiger partial charge in [-0.1, -0.05) is 48.6 Å². The molecule has 1 unspecified atom stereocenters. The molecule has 3 nitrogen and oxygen atoms in total. The van der Waals surface area contributed by atoms with Crippen LogP contribution in [0.15, 0.2) is 72.3 Å². The van der Waals surface area contributed by atoms with Crippen molar-refractivity contribution in [3.05, 3.63) is 89.0 Å². The van der Waals surface area contributed by atoms with Gasteiger partial charge in [-0.25, -0.2) is 0 Å². The Kier molecular flexibility index (Phi) is 3.39. The Balaban J connectivity index is 1.96. The number of allylic oxidation sites excluding steroid dienone is 2. The van der Waals surface area contributed by atoms with Crippen LogP contribution in [0.2, 0.25) is 0 Å². The van der Waals surface area contributed by atoms with Crippen molar-refractivity contribution in [2.24, 2.45) is 0 Å². The van der Waals surface area contributed by atoms with Crippen LogP contribution in [0.25, 0.3) is 0 Å². The number of nitrogens with zero attached hydrogens (tertiary/aromatic N) is 1. The van der Waals surface area contributed by atoms with Gasteiger partial charge in [-0.2, -0.15) is 0 Å². The molecule has 0 saturated carbocycles. The van der Waals surface area contributed by atoms with Crippen LogP contribution in [0.5, 0.6) is 0 Å². The van der Waals surface area contributed by atoms with E-state index in [4.69, 9.17) is 0 Å². The second-order valence-corrected chi connectivity index (χ2v) is 6.34. The standard InChI is InChI=1S/C21H19NO2/c1-15-8-7-11-17(14-15)22-20(23)18-12-5-6-13-19(18)21(22,24)16-9-3-2-4-10-16/h3,5-14,24H,2,4H2,1H3. The van der Waals surface area contributed by atoms with Gasteiger partial charge < -0.3 is 5.11 Å². The third kappa shape index (κ3) is 2.05. The largest absolute Gasteiger partial charge is 0.363 e. The average Bonchev–Trinajstić information content (AvgIpc) is 2.85. The molecule has 1 atom stereocenters. The first-order valence-electron chi connectivity index (χ1n) is 8.22. The molecule has 0 fully saturated rings. The molecule has 0 saturated heterocycles. The second-order valence-electron chi connectivity index (χ2n) is 6.34. The molecule has 24 heavy (non-hydrogen) atoms. The van der Waals surface area contributed by atoms with E-state index in [0.717, 1.165) is 24.0 Å². The summed E-state index contributed by atoms with van der Waals surface area (Å²) in [5, 5.41) is 11.7. The van der Waals surface area contributed by atoms with Crippen molar-refractivity contribution in [3.63, 3.8) is 0 Å². The summed E-state index contributed by atoms with van der Waals surface area (Å²) in [7, 11) is 0. The average molecular weight is 317 g/mol. The minimum Gasteiger partial charge on any atom is -0.363 e. The molecule has 1 aliphatic carbocycles. The Morgan fingerprint density at radius 1 is 1.08 bits per heavy atom. The van der Waals surface area contributed by atoms with Crippen LogP contribution in [-0.4, -0.2) is 11.0 Å². The Morgan fingerprint density at radius 2 is 1.92 bits per heavy atom. The van der Waals surface area contributed by atoms with Crippen LogP contribution in [0.4, 0.5) is 5.69 Å². The number of rotatable bonds is 2. The fourth-order valence-corrected chi connectivity index (χ4v) is 3.59. The fraction of sp³-hybridized carbons (Fsp3) is 0.190. The smallest absolute Gasteiger partial charge is 0.261 e. The van der Waals surface area contributed by atoms with Gasteiger partial charge in [-0.15, -0.1) is 0 Å². The highest BCUT2D eigenvalue weighted by Crippen LogP contribution is 2.46. The molecular formula is C21H19NO2. The van der Waals surface area contributed by atoms with Crippen LogP contribution in [0.1, 0.15) is 34.3 Å². The van der Waals surface area contributed by atoms with Crippen molar-refractivity contribution in [2.75, 3.05) is 4.90 Å². The lowest BCUT2D eigenvalue weighted by molar-refractivity contribution is 0.0696. The first-order chi connectivity index (χ1) is 11.6. The first kappa shape index (κ1) is 14.9. The summed E-state index contributed by atoms with van der Waals surface area (Å²) in [6.07, 6.45) is 7.83. The van der Waals surface area contributed by atoms with Crippen LogP contribution >= 0.6 is 0 Å².